The Kier molecular flexibility index (Phi) is 4.20. The molecule has 2 aliphatic heterocycles. The predicted octanol–water partition coefficient (Wildman–Crippen LogP) is 2.36. The summed E-state index contributed by atoms with van der Waals surface area (Å²) in [5, 5.41) is 3.01. The molecular weight excluding hydrogens is 382 g/mol. The highest BCUT2D eigenvalue weighted by Crippen LogP contribution is 2.54. The van der Waals surface area contributed by atoms with Crippen molar-refractivity contribution in [3.8, 4) is 6.01 Å². The first-order chi connectivity index (χ1) is 14.6. The largest absolute Gasteiger partial charge is 0.467 e. The van der Waals surface area contributed by atoms with E-state index in [0.717, 1.165) is 16.8 Å². The number of likely N-dealkylation sites (tertiary alicyclic amines) is 1. The number of carbonyl (C=O) groups is 2. The Bertz CT molecular complexity index is 1120. The van der Waals surface area contributed by atoms with E-state index in [9.17, 15) is 9.59 Å². The van der Waals surface area contributed by atoms with E-state index in [-0.39, 0.29) is 17.8 Å². The van der Waals surface area contributed by atoms with Crippen molar-refractivity contribution in [3.63, 3.8) is 0 Å². The Morgan fingerprint density at radius 2 is 1.97 bits per heavy atom. The molecule has 2 unspecified atom stereocenters. The molecule has 2 amide bonds. The van der Waals surface area contributed by atoms with E-state index in [4.69, 9.17) is 4.74 Å². The monoisotopic (exact) mass is 401 g/mol. The third-order valence-corrected chi connectivity index (χ3v) is 5.91. The quantitative estimate of drug-likeness (QED) is 0.724. The lowest BCUT2D eigenvalue weighted by atomic mass is 9.73. The Morgan fingerprint density at radius 1 is 1.17 bits per heavy atom. The van der Waals surface area contributed by atoms with E-state index in [1.807, 2.05) is 36.4 Å². The highest BCUT2D eigenvalue weighted by Gasteiger charge is 2.59. The third kappa shape index (κ3) is 2.57. The van der Waals surface area contributed by atoms with E-state index in [0.29, 0.717) is 18.5 Å². The molecule has 8 nitrogen and oxygen atoms in total. The van der Waals surface area contributed by atoms with Crippen LogP contribution in [0, 0.1) is 0 Å². The molecular formula is C22H19N5O3. The number of para-hydroxylation sites is 1. The van der Waals surface area contributed by atoms with Crippen molar-refractivity contribution >= 4 is 17.5 Å². The molecule has 1 fully saturated rings. The maximum absolute atomic E-state index is 13.4. The molecule has 1 N–H and O–H groups in total. The van der Waals surface area contributed by atoms with E-state index in [1.165, 1.54) is 19.5 Å². The number of ether oxygens (including phenoxy) is 1. The predicted molar refractivity (Wildman–Crippen MR) is 108 cm³/mol. The molecule has 1 aromatic carbocycles. The molecule has 5 rings (SSSR count). The van der Waals surface area contributed by atoms with Crippen LogP contribution in [-0.4, -0.2) is 45.3 Å². The van der Waals surface area contributed by atoms with Crippen molar-refractivity contribution in [1.29, 1.82) is 0 Å². The molecule has 2 aliphatic rings. The summed E-state index contributed by atoms with van der Waals surface area (Å²) < 4.78 is 4.99. The summed E-state index contributed by atoms with van der Waals surface area (Å²) >= 11 is 0. The lowest BCUT2D eigenvalue weighted by Gasteiger charge is -2.34. The number of hydrogen-bond acceptors (Lipinski definition) is 6. The highest BCUT2D eigenvalue weighted by atomic mass is 16.5. The van der Waals surface area contributed by atoms with Gasteiger partial charge < -0.3 is 15.0 Å². The van der Waals surface area contributed by atoms with Gasteiger partial charge in [0.15, 0.2) is 0 Å². The number of carbonyl (C=O) groups excluding carboxylic acids is 2. The summed E-state index contributed by atoms with van der Waals surface area (Å²) in [6.45, 7) is 0.423. The number of pyridine rings is 1. The first-order valence-electron chi connectivity index (χ1n) is 9.63. The van der Waals surface area contributed by atoms with Gasteiger partial charge in [-0.1, -0.05) is 24.3 Å². The minimum Gasteiger partial charge on any atom is -0.467 e. The standard InChI is InChI=1S/C22H19N5O3/c1-30-21-24-12-15(13-25-21)19(28)27-10-8-22(18(27)14-5-4-9-23-11-14)16-6-2-3-7-17(16)26-20(22)29/h2-7,9,11-13,18H,8,10H2,1H3,(H,26,29). The summed E-state index contributed by atoms with van der Waals surface area (Å²) in [6.07, 6.45) is 6.80. The van der Waals surface area contributed by atoms with Crippen LogP contribution < -0.4 is 10.1 Å². The minimum absolute atomic E-state index is 0.0983. The van der Waals surface area contributed by atoms with Gasteiger partial charge >= 0.3 is 6.01 Å². The van der Waals surface area contributed by atoms with Gasteiger partial charge in [-0.3, -0.25) is 14.6 Å². The molecule has 150 valence electrons. The fourth-order valence-corrected chi connectivity index (χ4v) is 4.60. The number of anilines is 1. The van der Waals surface area contributed by atoms with E-state index in [2.05, 4.69) is 20.3 Å². The maximum Gasteiger partial charge on any atom is 0.316 e. The molecule has 4 heterocycles. The Hall–Kier alpha value is -3.81. The summed E-state index contributed by atoms with van der Waals surface area (Å²) in [5.41, 5.74) is 1.98. The number of fused-ring (bicyclic) bond motifs is 2. The Morgan fingerprint density at radius 3 is 2.70 bits per heavy atom. The van der Waals surface area contributed by atoms with Crippen LogP contribution in [0.4, 0.5) is 5.69 Å². The zero-order valence-electron chi connectivity index (χ0n) is 16.3. The van der Waals surface area contributed by atoms with Crippen LogP contribution in [0.15, 0.2) is 61.2 Å². The molecule has 8 heteroatoms. The van der Waals surface area contributed by atoms with Crippen LogP contribution in [0.2, 0.25) is 0 Å². The van der Waals surface area contributed by atoms with Gasteiger partial charge in [0, 0.05) is 37.0 Å². The van der Waals surface area contributed by atoms with Crippen molar-refractivity contribution in [1.82, 2.24) is 19.9 Å². The first-order valence-corrected chi connectivity index (χ1v) is 9.63. The van der Waals surface area contributed by atoms with Crippen molar-refractivity contribution in [3.05, 3.63) is 77.9 Å². The second kappa shape index (κ2) is 6.91. The van der Waals surface area contributed by atoms with E-state index < -0.39 is 11.5 Å². The average Bonchev–Trinajstić information content (AvgIpc) is 3.33. The van der Waals surface area contributed by atoms with Gasteiger partial charge in [-0.15, -0.1) is 0 Å². The number of nitrogens with zero attached hydrogens (tertiary/aromatic N) is 4. The molecule has 1 saturated heterocycles. The van der Waals surface area contributed by atoms with E-state index >= 15 is 0 Å². The lowest BCUT2D eigenvalue weighted by Crippen LogP contribution is -2.42. The fourth-order valence-electron chi connectivity index (χ4n) is 4.60. The minimum atomic E-state index is -0.872. The number of rotatable bonds is 3. The van der Waals surface area contributed by atoms with Gasteiger partial charge in [-0.05, 0) is 29.7 Å². The molecule has 3 aromatic rings. The molecule has 0 bridgehead atoms. The van der Waals surface area contributed by atoms with Crippen molar-refractivity contribution in [2.45, 2.75) is 17.9 Å². The van der Waals surface area contributed by atoms with Crippen LogP contribution in [-0.2, 0) is 10.2 Å². The fraction of sp³-hybridized carbons (Fsp3) is 0.227. The SMILES string of the molecule is COc1ncc(C(=O)N2CCC3(C(=O)Nc4ccccc43)C2c2cccnc2)cn1. The van der Waals surface area contributed by atoms with Gasteiger partial charge in [0.1, 0.15) is 5.41 Å². The zero-order valence-corrected chi connectivity index (χ0v) is 16.3. The molecule has 2 aromatic heterocycles. The number of hydrogen-bond donors (Lipinski definition) is 1. The molecule has 2 atom stereocenters. The summed E-state index contributed by atoms with van der Waals surface area (Å²) in [5.74, 6) is -0.334. The van der Waals surface area contributed by atoms with Gasteiger partial charge in [-0.25, -0.2) is 9.97 Å². The van der Waals surface area contributed by atoms with E-state index in [1.54, 1.807) is 17.3 Å². The van der Waals surface area contributed by atoms with Gasteiger partial charge in [-0.2, -0.15) is 0 Å². The number of amides is 2. The van der Waals surface area contributed by atoms with Crippen molar-refractivity contribution in [2.24, 2.45) is 0 Å². The smallest absolute Gasteiger partial charge is 0.316 e. The number of methoxy groups -OCH3 is 1. The van der Waals surface area contributed by atoms with Crippen LogP contribution in [0.25, 0.3) is 0 Å². The lowest BCUT2D eigenvalue weighted by molar-refractivity contribution is -0.121. The second-order valence-corrected chi connectivity index (χ2v) is 7.37. The van der Waals surface area contributed by atoms with Crippen LogP contribution in [0.1, 0.15) is 33.9 Å². The summed E-state index contributed by atoms with van der Waals surface area (Å²) in [4.78, 5) is 40.8. The molecule has 0 radical (unpaired) electrons. The van der Waals surface area contributed by atoms with Crippen LogP contribution >= 0.6 is 0 Å². The number of benzene rings is 1. The zero-order chi connectivity index (χ0) is 20.7. The summed E-state index contributed by atoms with van der Waals surface area (Å²) in [7, 11) is 1.47. The summed E-state index contributed by atoms with van der Waals surface area (Å²) in [6, 6.07) is 11.1. The second-order valence-electron chi connectivity index (χ2n) is 7.37. The first kappa shape index (κ1) is 18.2. The average molecular weight is 401 g/mol. The van der Waals surface area contributed by atoms with Crippen LogP contribution in [0.3, 0.4) is 0 Å². The number of nitrogens with one attached hydrogen (secondary N) is 1. The topological polar surface area (TPSA) is 97.3 Å². The Labute approximate surface area is 172 Å². The highest BCUT2D eigenvalue weighted by molar-refractivity contribution is 6.08. The maximum atomic E-state index is 13.4. The van der Waals surface area contributed by atoms with Crippen molar-refractivity contribution < 1.29 is 14.3 Å². The Balaban J connectivity index is 1.63. The van der Waals surface area contributed by atoms with Gasteiger partial charge in [0.2, 0.25) is 5.91 Å². The molecule has 0 saturated carbocycles. The van der Waals surface area contributed by atoms with Crippen molar-refractivity contribution in [2.75, 3.05) is 19.0 Å². The normalized spacial score (nSPS) is 22.1. The molecule has 30 heavy (non-hydrogen) atoms. The number of aromatic nitrogens is 3. The van der Waals surface area contributed by atoms with Gasteiger partial charge in [0.05, 0.1) is 18.7 Å². The molecule has 0 aliphatic carbocycles. The third-order valence-electron chi connectivity index (χ3n) is 5.91. The van der Waals surface area contributed by atoms with Gasteiger partial charge in [0.25, 0.3) is 5.91 Å². The van der Waals surface area contributed by atoms with Crippen LogP contribution in [0.5, 0.6) is 6.01 Å². The molecule has 1 spiro atoms.